The van der Waals surface area contributed by atoms with E-state index in [1.165, 1.54) is 42.8 Å². The fraction of sp³-hybridized carbons (Fsp3) is 0.600. The van der Waals surface area contributed by atoms with Crippen LogP contribution >= 0.6 is 24.4 Å². The van der Waals surface area contributed by atoms with E-state index in [4.69, 9.17) is 0 Å². The monoisotopic (exact) mass is 266 g/mol. The summed E-state index contributed by atoms with van der Waals surface area (Å²) in [6.45, 7) is 0. The van der Waals surface area contributed by atoms with Crippen LogP contribution in [0.15, 0.2) is 30.3 Å². The lowest BCUT2D eigenvalue weighted by Gasteiger charge is -2.16. The molecular formula is C15H22S2. The van der Waals surface area contributed by atoms with Crippen LogP contribution in [-0.4, -0.2) is 17.3 Å². The number of hydrogen-bond acceptors (Lipinski definition) is 2. The van der Waals surface area contributed by atoms with Crippen LogP contribution in [-0.2, 0) is 0 Å². The summed E-state index contributed by atoms with van der Waals surface area (Å²) in [6.07, 6.45) is 5.84. The summed E-state index contributed by atoms with van der Waals surface area (Å²) in [5.41, 5.74) is 1.45. The third-order valence-electron chi connectivity index (χ3n) is 3.64. The molecule has 0 N–H and O–H groups in total. The molecule has 17 heavy (non-hydrogen) atoms. The molecule has 2 heteroatoms. The molecule has 1 saturated carbocycles. The SMILES string of the molecule is SCC(CSCC1CCCC1)c1ccccc1. The largest absolute Gasteiger partial charge is 0.179 e. The summed E-state index contributed by atoms with van der Waals surface area (Å²) in [6, 6.07) is 10.8. The van der Waals surface area contributed by atoms with Crippen LogP contribution in [0.5, 0.6) is 0 Å². The first-order chi connectivity index (χ1) is 8.40. The zero-order valence-electron chi connectivity index (χ0n) is 10.3. The molecule has 0 spiro atoms. The lowest BCUT2D eigenvalue weighted by atomic mass is 10.0. The molecule has 0 saturated heterocycles. The van der Waals surface area contributed by atoms with Gasteiger partial charge in [-0.15, -0.1) is 0 Å². The second-order valence-corrected chi connectivity index (χ2v) is 6.42. The van der Waals surface area contributed by atoms with Crippen molar-refractivity contribution in [2.75, 3.05) is 17.3 Å². The predicted molar refractivity (Wildman–Crippen MR) is 82.3 cm³/mol. The van der Waals surface area contributed by atoms with Crippen LogP contribution in [0.25, 0.3) is 0 Å². The molecular weight excluding hydrogens is 244 g/mol. The van der Waals surface area contributed by atoms with E-state index in [-0.39, 0.29) is 0 Å². The van der Waals surface area contributed by atoms with Crippen molar-refractivity contribution in [1.29, 1.82) is 0 Å². The molecule has 94 valence electrons. The molecule has 1 atom stereocenters. The first-order valence-corrected chi connectivity index (χ1v) is 8.42. The standard InChI is InChI=1S/C15H22S2/c16-10-15(14-8-2-1-3-9-14)12-17-11-13-6-4-5-7-13/h1-3,8-9,13,15-16H,4-7,10-12H2. The van der Waals surface area contributed by atoms with Crippen LogP contribution < -0.4 is 0 Å². The Hall–Kier alpha value is -0.0800. The maximum Gasteiger partial charge on any atom is 0.00172 e. The van der Waals surface area contributed by atoms with Gasteiger partial charge in [-0.05, 0) is 35.8 Å². The summed E-state index contributed by atoms with van der Waals surface area (Å²) >= 11 is 6.63. The Morgan fingerprint density at radius 3 is 2.53 bits per heavy atom. The fourth-order valence-electron chi connectivity index (χ4n) is 2.53. The van der Waals surface area contributed by atoms with E-state index in [9.17, 15) is 0 Å². The van der Waals surface area contributed by atoms with E-state index < -0.39 is 0 Å². The number of rotatable bonds is 6. The van der Waals surface area contributed by atoms with Crippen LogP contribution in [0, 0.1) is 5.92 Å². The van der Waals surface area contributed by atoms with Gasteiger partial charge in [0, 0.05) is 11.7 Å². The van der Waals surface area contributed by atoms with Gasteiger partial charge < -0.3 is 0 Å². The fourth-order valence-corrected chi connectivity index (χ4v) is 4.45. The van der Waals surface area contributed by atoms with Crippen molar-refractivity contribution >= 4 is 24.4 Å². The van der Waals surface area contributed by atoms with E-state index >= 15 is 0 Å². The van der Waals surface area contributed by atoms with Gasteiger partial charge in [-0.1, -0.05) is 43.2 Å². The van der Waals surface area contributed by atoms with E-state index in [1.54, 1.807) is 0 Å². The topological polar surface area (TPSA) is 0 Å². The molecule has 2 rings (SSSR count). The van der Waals surface area contributed by atoms with Crippen molar-refractivity contribution in [2.24, 2.45) is 5.92 Å². The highest BCUT2D eigenvalue weighted by Crippen LogP contribution is 2.30. The molecule has 0 nitrogen and oxygen atoms in total. The Bertz CT molecular complexity index is 304. The first kappa shape index (κ1) is 13.4. The van der Waals surface area contributed by atoms with Crippen LogP contribution in [0.4, 0.5) is 0 Å². The quantitative estimate of drug-likeness (QED) is 0.733. The Morgan fingerprint density at radius 2 is 1.88 bits per heavy atom. The van der Waals surface area contributed by atoms with Gasteiger partial charge in [0.25, 0.3) is 0 Å². The smallest absolute Gasteiger partial charge is 0.00172 e. The third kappa shape index (κ3) is 4.26. The average molecular weight is 266 g/mol. The Labute approximate surface area is 115 Å². The van der Waals surface area contributed by atoms with Crippen molar-refractivity contribution in [1.82, 2.24) is 0 Å². The van der Waals surface area contributed by atoms with Crippen LogP contribution in [0.1, 0.15) is 37.2 Å². The van der Waals surface area contributed by atoms with Gasteiger partial charge in [-0.2, -0.15) is 24.4 Å². The zero-order chi connectivity index (χ0) is 11.9. The molecule has 1 aliphatic rings. The van der Waals surface area contributed by atoms with Crippen molar-refractivity contribution in [3.05, 3.63) is 35.9 Å². The molecule has 1 unspecified atom stereocenters. The number of thiol groups is 1. The van der Waals surface area contributed by atoms with Crippen molar-refractivity contribution in [3.63, 3.8) is 0 Å². The molecule has 1 aromatic carbocycles. The second kappa shape index (κ2) is 7.38. The van der Waals surface area contributed by atoms with Crippen LogP contribution in [0.2, 0.25) is 0 Å². The first-order valence-electron chi connectivity index (χ1n) is 6.63. The van der Waals surface area contributed by atoms with Gasteiger partial charge in [0.1, 0.15) is 0 Å². The molecule has 1 aromatic rings. The van der Waals surface area contributed by atoms with E-state index in [0.717, 1.165) is 11.7 Å². The third-order valence-corrected chi connectivity index (χ3v) is 5.42. The second-order valence-electron chi connectivity index (χ2n) is 4.98. The van der Waals surface area contributed by atoms with E-state index in [1.807, 2.05) is 0 Å². The average Bonchev–Trinajstić information content (AvgIpc) is 2.89. The van der Waals surface area contributed by atoms with Crippen molar-refractivity contribution in [3.8, 4) is 0 Å². The van der Waals surface area contributed by atoms with Gasteiger partial charge in [0.15, 0.2) is 0 Å². The minimum absolute atomic E-state index is 0.617. The Morgan fingerprint density at radius 1 is 1.18 bits per heavy atom. The summed E-state index contributed by atoms with van der Waals surface area (Å²) in [5.74, 6) is 5.16. The van der Waals surface area contributed by atoms with Gasteiger partial charge in [-0.25, -0.2) is 0 Å². The molecule has 0 aromatic heterocycles. The highest BCUT2D eigenvalue weighted by atomic mass is 32.2. The lowest BCUT2D eigenvalue weighted by Crippen LogP contribution is -2.06. The Kier molecular flexibility index (Phi) is 5.79. The Balaban J connectivity index is 1.75. The number of thioether (sulfide) groups is 1. The van der Waals surface area contributed by atoms with Gasteiger partial charge >= 0.3 is 0 Å². The summed E-state index contributed by atoms with van der Waals surface area (Å²) in [7, 11) is 0. The van der Waals surface area contributed by atoms with Crippen molar-refractivity contribution < 1.29 is 0 Å². The number of benzene rings is 1. The molecule has 0 heterocycles. The maximum atomic E-state index is 4.50. The normalized spacial score (nSPS) is 18.4. The zero-order valence-corrected chi connectivity index (χ0v) is 12.1. The minimum Gasteiger partial charge on any atom is -0.179 e. The highest BCUT2D eigenvalue weighted by molar-refractivity contribution is 7.99. The molecule has 0 amide bonds. The van der Waals surface area contributed by atoms with Gasteiger partial charge in [-0.3, -0.25) is 0 Å². The number of hydrogen-bond donors (Lipinski definition) is 1. The van der Waals surface area contributed by atoms with Crippen LogP contribution in [0.3, 0.4) is 0 Å². The van der Waals surface area contributed by atoms with E-state index in [0.29, 0.717) is 5.92 Å². The molecule has 1 aliphatic carbocycles. The summed E-state index contributed by atoms with van der Waals surface area (Å²) in [5, 5.41) is 0. The molecule has 0 radical (unpaired) electrons. The van der Waals surface area contributed by atoms with Gasteiger partial charge in [0.05, 0.1) is 0 Å². The lowest BCUT2D eigenvalue weighted by molar-refractivity contribution is 0.622. The van der Waals surface area contributed by atoms with Gasteiger partial charge in [0.2, 0.25) is 0 Å². The van der Waals surface area contributed by atoms with Crippen molar-refractivity contribution in [2.45, 2.75) is 31.6 Å². The highest BCUT2D eigenvalue weighted by Gasteiger charge is 2.16. The minimum atomic E-state index is 0.617. The predicted octanol–water partition coefficient (Wildman–Crippen LogP) is 4.62. The summed E-state index contributed by atoms with van der Waals surface area (Å²) in [4.78, 5) is 0. The maximum absolute atomic E-state index is 4.50. The summed E-state index contributed by atoms with van der Waals surface area (Å²) < 4.78 is 0. The molecule has 1 fully saturated rings. The molecule has 0 aliphatic heterocycles. The van der Waals surface area contributed by atoms with E-state index in [2.05, 4.69) is 54.7 Å². The molecule has 0 bridgehead atoms.